The van der Waals surface area contributed by atoms with Crippen LogP contribution in [0.3, 0.4) is 0 Å². The average molecular weight is 341 g/mol. The maximum Gasteiger partial charge on any atom is 0.341 e. The summed E-state index contributed by atoms with van der Waals surface area (Å²) in [6.45, 7) is 4.08. The highest BCUT2D eigenvalue weighted by molar-refractivity contribution is 5.83. The van der Waals surface area contributed by atoms with E-state index in [9.17, 15) is 25.0 Å². The van der Waals surface area contributed by atoms with Gasteiger partial charge in [-0.2, -0.15) is 0 Å². The molecular formula is C16H23NO7. The van der Waals surface area contributed by atoms with Gasteiger partial charge in [0.25, 0.3) is 0 Å². The molecule has 0 aliphatic carbocycles. The first-order valence-corrected chi connectivity index (χ1v) is 8.10. The zero-order chi connectivity index (χ0) is 17.9. The van der Waals surface area contributed by atoms with Crippen LogP contribution in [0.2, 0.25) is 0 Å². The highest BCUT2D eigenvalue weighted by Crippen LogP contribution is 2.40. The van der Waals surface area contributed by atoms with E-state index in [1.165, 1.54) is 13.8 Å². The van der Waals surface area contributed by atoms with Crippen LogP contribution in [0.25, 0.3) is 0 Å². The molecule has 0 bridgehead atoms. The molecule has 3 heterocycles. The molecule has 24 heavy (non-hydrogen) atoms. The molecule has 0 radical (unpaired) electrons. The van der Waals surface area contributed by atoms with E-state index in [0.29, 0.717) is 18.5 Å². The Morgan fingerprint density at radius 1 is 1.33 bits per heavy atom. The number of nitrogens with zero attached hydrogens (tertiary/aromatic N) is 1. The third-order valence-electron chi connectivity index (χ3n) is 5.91. The fourth-order valence-electron chi connectivity index (χ4n) is 3.75. The van der Waals surface area contributed by atoms with Gasteiger partial charge in [0.1, 0.15) is 12.2 Å². The molecule has 1 unspecified atom stereocenters. The molecule has 0 amide bonds. The lowest BCUT2D eigenvalue weighted by molar-refractivity contribution is -0.877. The van der Waals surface area contributed by atoms with Gasteiger partial charge in [0, 0.05) is 12.0 Å². The molecule has 8 nitrogen and oxygen atoms in total. The van der Waals surface area contributed by atoms with E-state index in [1.807, 2.05) is 0 Å². The summed E-state index contributed by atoms with van der Waals surface area (Å²) in [6, 6.07) is -0.595. The van der Waals surface area contributed by atoms with Gasteiger partial charge in [-0.05, 0) is 26.8 Å². The summed E-state index contributed by atoms with van der Waals surface area (Å²) < 4.78 is 10.1. The Kier molecular flexibility index (Phi) is 3.80. The predicted octanol–water partition coefficient (Wildman–Crippen LogP) is -0.380. The average Bonchev–Trinajstić information content (AvgIpc) is 2.99. The standard InChI is InChI=1S/C16H23NO7/c1-9-13(18)24-11-5-7-17(22)6-4-10(12(11)17)8-23-14(19)16(3,21)15(9,2)20/h4,9,11-12,20-21H,5-8H2,1-3H3/t9-,11-,12-,15+,16-,17?/m1/s1. The van der Waals surface area contributed by atoms with Crippen LogP contribution < -0.4 is 0 Å². The third-order valence-corrected chi connectivity index (χ3v) is 5.91. The highest BCUT2D eigenvalue weighted by Gasteiger charge is 2.57. The maximum absolute atomic E-state index is 12.8. The zero-order valence-corrected chi connectivity index (χ0v) is 14.0. The largest absolute Gasteiger partial charge is 0.632 e. The number of hydrogen-bond donors (Lipinski definition) is 2. The van der Waals surface area contributed by atoms with Crippen LogP contribution in [0.1, 0.15) is 27.2 Å². The van der Waals surface area contributed by atoms with Gasteiger partial charge in [-0.15, -0.1) is 0 Å². The van der Waals surface area contributed by atoms with Gasteiger partial charge in [-0.3, -0.25) is 4.79 Å². The van der Waals surface area contributed by atoms with Crippen molar-refractivity contribution in [2.24, 2.45) is 5.92 Å². The smallest absolute Gasteiger partial charge is 0.341 e. The van der Waals surface area contributed by atoms with Crippen LogP contribution in [0.15, 0.2) is 11.6 Å². The van der Waals surface area contributed by atoms with Crippen molar-refractivity contribution in [3.63, 3.8) is 0 Å². The van der Waals surface area contributed by atoms with Crippen molar-refractivity contribution >= 4 is 11.9 Å². The van der Waals surface area contributed by atoms with Gasteiger partial charge in [0.15, 0.2) is 17.7 Å². The molecule has 134 valence electrons. The van der Waals surface area contributed by atoms with E-state index < -0.39 is 45.9 Å². The Morgan fingerprint density at radius 3 is 2.67 bits per heavy atom. The molecule has 6 atom stereocenters. The van der Waals surface area contributed by atoms with E-state index >= 15 is 0 Å². The Hall–Kier alpha value is -1.48. The minimum atomic E-state index is -2.30. The molecule has 0 aromatic carbocycles. The number of hydroxylamine groups is 3. The summed E-state index contributed by atoms with van der Waals surface area (Å²) in [6.07, 6.45) is 1.50. The van der Waals surface area contributed by atoms with Crippen LogP contribution in [0.4, 0.5) is 0 Å². The topological polar surface area (TPSA) is 116 Å². The Balaban J connectivity index is 1.99. The summed E-state index contributed by atoms with van der Waals surface area (Å²) in [4.78, 5) is 24.7. The minimum Gasteiger partial charge on any atom is -0.632 e. The molecule has 0 spiro atoms. The van der Waals surface area contributed by atoms with E-state index in [1.54, 1.807) is 6.08 Å². The second kappa shape index (κ2) is 5.26. The SMILES string of the molecule is C[C@@H]1C(=O)O[C@@H]2CC[N+]3([O-])CC=C(COC(=O)[C@@](C)(O)[C@@]1(C)O)[C@H]23. The summed E-state index contributed by atoms with van der Waals surface area (Å²) in [7, 11) is 0. The Bertz CT molecular complexity index is 612. The number of quaternary nitrogens is 1. The van der Waals surface area contributed by atoms with Crippen molar-refractivity contribution < 1.29 is 33.9 Å². The second-order valence-electron chi connectivity index (χ2n) is 7.36. The molecule has 2 saturated heterocycles. The van der Waals surface area contributed by atoms with E-state index in [-0.39, 0.29) is 13.2 Å². The number of carbonyl (C=O) groups excluding carboxylic acids is 2. The number of hydrogen-bond acceptors (Lipinski definition) is 7. The van der Waals surface area contributed by atoms with Crippen molar-refractivity contribution in [1.29, 1.82) is 0 Å². The monoisotopic (exact) mass is 341 g/mol. The minimum absolute atomic E-state index is 0.166. The molecule has 2 N–H and O–H groups in total. The van der Waals surface area contributed by atoms with E-state index in [2.05, 4.69) is 0 Å². The fourth-order valence-corrected chi connectivity index (χ4v) is 3.75. The normalized spacial score (nSPS) is 48.9. The first-order chi connectivity index (χ1) is 11.0. The predicted molar refractivity (Wildman–Crippen MR) is 81.1 cm³/mol. The van der Waals surface area contributed by atoms with Gasteiger partial charge in [0.05, 0.1) is 19.0 Å². The molecule has 0 saturated carbocycles. The lowest BCUT2D eigenvalue weighted by Crippen LogP contribution is -2.61. The highest BCUT2D eigenvalue weighted by atomic mass is 16.6. The van der Waals surface area contributed by atoms with Gasteiger partial charge in [0.2, 0.25) is 0 Å². The summed E-state index contributed by atoms with van der Waals surface area (Å²) in [5.41, 5.74) is -3.79. The lowest BCUT2D eigenvalue weighted by atomic mass is 9.76. The maximum atomic E-state index is 12.8. The molecule has 3 aliphatic rings. The van der Waals surface area contributed by atoms with Gasteiger partial charge < -0.3 is 29.5 Å². The summed E-state index contributed by atoms with van der Waals surface area (Å²) in [5.74, 6) is -2.97. The Morgan fingerprint density at radius 2 is 2.00 bits per heavy atom. The number of aliphatic hydroxyl groups is 2. The van der Waals surface area contributed by atoms with E-state index in [4.69, 9.17) is 9.47 Å². The summed E-state index contributed by atoms with van der Waals surface area (Å²) in [5, 5.41) is 33.9. The zero-order valence-electron chi connectivity index (χ0n) is 14.0. The number of esters is 2. The van der Waals surface area contributed by atoms with Crippen LogP contribution in [0.5, 0.6) is 0 Å². The van der Waals surface area contributed by atoms with Crippen molar-refractivity contribution in [2.75, 3.05) is 19.7 Å². The van der Waals surface area contributed by atoms with Crippen molar-refractivity contribution in [1.82, 2.24) is 0 Å². The second-order valence-corrected chi connectivity index (χ2v) is 7.36. The van der Waals surface area contributed by atoms with Crippen LogP contribution in [0, 0.1) is 11.1 Å². The quantitative estimate of drug-likeness (QED) is 0.267. The molecule has 3 rings (SSSR count). The van der Waals surface area contributed by atoms with Crippen LogP contribution >= 0.6 is 0 Å². The van der Waals surface area contributed by atoms with E-state index in [0.717, 1.165) is 6.92 Å². The molecule has 8 heteroatoms. The van der Waals surface area contributed by atoms with Gasteiger partial charge in [-0.1, -0.05) is 0 Å². The molecule has 3 aliphatic heterocycles. The number of cyclic esters (lactones) is 1. The van der Waals surface area contributed by atoms with Crippen molar-refractivity contribution in [2.45, 2.75) is 50.5 Å². The molecule has 0 aromatic heterocycles. The van der Waals surface area contributed by atoms with Crippen LogP contribution in [-0.2, 0) is 19.1 Å². The third kappa shape index (κ3) is 2.28. The summed E-state index contributed by atoms with van der Waals surface area (Å²) >= 11 is 0. The number of carbonyl (C=O) groups is 2. The lowest BCUT2D eigenvalue weighted by Gasteiger charge is -2.40. The van der Waals surface area contributed by atoms with Crippen molar-refractivity contribution in [3.8, 4) is 0 Å². The first kappa shape index (κ1) is 17.3. The van der Waals surface area contributed by atoms with Crippen molar-refractivity contribution in [3.05, 3.63) is 16.9 Å². The molecule has 0 aromatic rings. The number of ether oxygens (including phenoxy) is 2. The first-order valence-electron chi connectivity index (χ1n) is 8.10. The van der Waals surface area contributed by atoms with Gasteiger partial charge in [-0.25, -0.2) is 4.79 Å². The molecule has 2 fully saturated rings. The molecular weight excluding hydrogens is 318 g/mol. The Labute approximate surface area is 139 Å². The number of rotatable bonds is 0. The fraction of sp³-hybridized carbons (Fsp3) is 0.750. The van der Waals surface area contributed by atoms with Crippen LogP contribution in [-0.4, -0.2) is 69.8 Å². The van der Waals surface area contributed by atoms with Gasteiger partial charge >= 0.3 is 11.9 Å².